The van der Waals surface area contributed by atoms with Gasteiger partial charge in [0.1, 0.15) is 12.6 Å². The molecule has 2 unspecified atom stereocenters. The Morgan fingerprint density at radius 3 is 2.55 bits per heavy atom. The first-order valence-corrected chi connectivity index (χ1v) is 6.03. The quantitative estimate of drug-likeness (QED) is 0.666. The van der Waals surface area contributed by atoms with Crippen LogP contribution in [0.3, 0.4) is 0 Å². The average molecular weight is 278 g/mol. The number of rotatable bonds is 3. The minimum absolute atomic E-state index is 0.165. The van der Waals surface area contributed by atoms with Crippen LogP contribution in [0, 0.1) is 0 Å². The monoisotopic (exact) mass is 278 g/mol. The molecule has 1 aromatic rings. The Morgan fingerprint density at radius 1 is 1.30 bits per heavy atom. The minimum Gasteiger partial charge on any atom is -0.480 e. The SMILES string of the molecule is O=C1CN(C(=O)C(O)c2ccccc2)C(C(=O)O)CN1. The number of hydrogen-bond acceptors (Lipinski definition) is 4. The molecule has 2 amide bonds. The van der Waals surface area contributed by atoms with Crippen molar-refractivity contribution >= 4 is 17.8 Å². The first-order chi connectivity index (χ1) is 9.50. The van der Waals surface area contributed by atoms with Gasteiger partial charge in [-0.25, -0.2) is 4.79 Å². The molecule has 0 aliphatic carbocycles. The lowest BCUT2D eigenvalue weighted by molar-refractivity contribution is -0.158. The summed E-state index contributed by atoms with van der Waals surface area (Å²) in [5.41, 5.74) is 0.354. The number of carboxylic acids is 1. The molecule has 3 N–H and O–H groups in total. The number of carbonyl (C=O) groups excluding carboxylic acids is 2. The van der Waals surface area contributed by atoms with Crippen LogP contribution in [-0.2, 0) is 14.4 Å². The Balaban J connectivity index is 2.21. The number of carbonyl (C=O) groups is 3. The Hall–Kier alpha value is -2.41. The van der Waals surface area contributed by atoms with Gasteiger partial charge in [0, 0.05) is 6.54 Å². The number of nitrogens with zero attached hydrogens (tertiary/aromatic N) is 1. The van der Waals surface area contributed by atoms with Gasteiger partial charge in [-0.15, -0.1) is 0 Å². The number of benzene rings is 1. The van der Waals surface area contributed by atoms with Crippen LogP contribution in [0.15, 0.2) is 30.3 Å². The van der Waals surface area contributed by atoms with E-state index in [2.05, 4.69) is 5.32 Å². The van der Waals surface area contributed by atoms with Gasteiger partial charge in [0.25, 0.3) is 5.91 Å². The molecule has 2 atom stereocenters. The number of aliphatic carboxylic acids is 1. The number of piperazine rings is 1. The van der Waals surface area contributed by atoms with Crippen molar-refractivity contribution in [2.45, 2.75) is 12.1 Å². The maximum absolute atomic E-state index is 12.2. The van der Waals surface area contributed by atoms with E-state index in [-0.39, 0.29) is 13.1 Å². The summed E-state index contributed by atoms with van der Waals surface area (Å²) >= 11 is 0. The molecule has 2 rings (SSSR count). The number of aliphatic hydroxyl groups is 1. The smallest absolute Gasteiger partial charge is 0.328 e. The molecular formula is C13H14N2O5. The van der Waals surface area contributed by atoms with E-state index in [0.717, 1.165) is 4.90 Å². The second kappa shape index (κ2) is 5.70. The first kappa shape index (κ1) is 14.0. The molecule has 7 heteroatoms. The summed E-state index contributed by atoms with van der Waals surface area (Å²) in [4.78, 5) is 35.5. The van der Waals surface area contributed by atoms with Crippen LogP contribution < -0.4 is 5.32 Å². The van der Waals surface area contributed by atoms with Crippen LogP contribution in [0.2, 0.25) is 0 Å². The van der Waals surface area contributed by atoms with E-state index in [4.69, 9.17) is 5.11 Å². The number of amides is 2. The third-order valence-corrected chi connectivity index (χ3v) is 3.10. The van der Waals surface area contributed by atoms with E-state index in [0.29, 0.717) is 5.56 Å². The van der Waals surface area contributed by atoms with Crippen LogP contribution in [0.1, 0.15) is 11.7 Å². The molecule has 7 nitrogen and oxygen atoms in total. The largest absolute Gasteiger partial charge is 0.480 e. The molecule has 0 saturated carbocycles. The Bertz CT molecular complexity index is 531. The third-order valence-electron chi connectivity index (χ3n) is 3.10. The molecule has 0 aromatic heterocycles. The van der Waals surface area contributed by atoms with Crippen LogP contribution in [-0.4, -0.2) is 52.0 Å². The van der Waals surface area contributed by atoms with E-state index < -0.39 is 29.9 Å². The number of hydrogen-bond donors (Lipinski definition) is 3. The zero-order chi connectivity index (χ0) is 14.7. The predicted octanol–water partition coefficient (Wildman–Crippen LogP) is -0.868. The van der Waals surface area contributed by atoms with Gasteiger partial charge in [-0.3, -0.25) is 9.59 Å². The summed E-state index contributed by atoms with van der Waals surface area (Å²) in [5, 5.41) is 21.5. The highest BCUT2D eigenvalue weighted by Gasteiger charge is 2.37. The van der Waals surface area contributed by atoms with Gasteiger partial charge in [-0.2, -0.15) is 0 Å². The van der Waals surface area contributed by atoms with Crippen molar-refractivity contribution in [1.82, 2.24) is 10.2 Å². The Morgan fingerprint density at radius 2 is 1.95 bits per heavy atom. The summed E-state index contributed by atoms with van der Waals surface area (Å²) < 4.78 is 0. The lowest BCUT2D eigenvalue weighted by Gasteiger charge is -2.34. The van der Waals surface area contributed by atoms with Gasteiger partial charge in [0.05, 0.1) is 0 Å². The van der Waals surface area contributed by atoms with Gasteiger partial charge in [0.15, 0.2) is 6.10 Å². The normalized spacial score (nSPS) is 20.1. The summed E-state index contributed by atoms with van der Waals surface area (Å²) in [7, 11) is 0. The fourth-order valence-corrected chi connectivity index (χ4v) is 2.03. The number of carboxylic acid groups (broad SMARTS) is 1. The van der Waals surface area contributed by atoms with Crippen molar-refractivity contribution in [1.29, 1.82) is 0 Å². The van der Waals surface area contributed by atoms with E-state index in [1.807, 2.05) is 0 Å². The molecule has 106 valence electrons. The van der Waals surface area contributed by atoms with E-state index in [1.54, 1.807) is 30.3 Å². The van der Waals surface area contributed by atoms with Crippen molar-refractivity contribution in [2.75, 3.05) is 13.1 Å². The van der Waals surface area contributed by atoms with Crippen LogP contribution in [0.5, 0.6) is 0 Å². The van der Waals surface area contributed by atoms with Gasteiger partial charge >= 0.3 is 5.97 Å². The van der Waals surface area contributed by atoms with Gasteiger partial charge in [-0.1, -0.05) is 30.3 Å². The molecule has 1 aromatic carbocycles. The first-order valence-electron chi connectivity index (χ1n) is 6.03. The highest BCUT2D eigenvalue weighted by Crippen LogP contribution is 2.18. The average Bonchev–Trinajstić information content (AvgIpc) is 2.46. The standard InChI is InChI=1S/C13H14N2O5/c16-10-7-15(9(6-14-10)13(19)20)12(18)11(17)8-4-2-1-3-5-8/h1-5,9,11,17H,6-7H2,(H,14,16)(H,19,20). The fraction of sp³-hybridized carbons (Fsp3) is 0.308. The summed E-state index contributed by atoms with van der Waals surface area (Å²) in [6.45, 7) is -0.541. The van der Waals surface area contributed by atoms with Crippen molar-refractivity contribution in [3.05, 3.63) is 35.9 Å². The molecule has 1 heterocycles. The van der Waals surface area contributed by atoms with Crippen molar-refractivity contribution in [3.8, 4) is 0 Å². The highest BCUT2D eigenvalue weighted by molar-refractivity contribution is 5.93. The number of aliphatic hydroxyl groups excluding tert-OH is 1. The molecule has 1 aliphatic heterocycles. The van der Waals surface area contributed by atoms with Gasteiger partial charge in [0.2, 0.25) is 5.91 Å². The lowest BCUT2D eigenvalue weighted by atomic mass is 10.1. The Labute approximate surface area is 114 Å². The topological polar surface area (TPSA) is 107 Å². The molecule has 1 saturated heterocycles. The summed E-state index contributed by atoms with van der Waals surface area (Å²) in [6, 6.07) is 6.99. The molecule has 0 spiro atoms. The van der Waals surface area contributed by atoms with Gasteiger partial charge in [-0.05, 0) is 5.56 Å². The molecule has 0 bridgehead atoms. The molecule has 1 fully saturated rings. The summed E-state index contributed by atoms with van der Waals surface area (Å²) in [6.07, 6.45) is -1.48. The predicted molar refractivity (Wildman–Crippen MR) is 67.5 cm³/mol. The van der Waals surface area contributed by atoms with Crippen LogP contribution >= 0.6 is 0 Å². The third kappa shape index (κ3) is 2.77. The van der Waals surface area contributed by atoms with Crippen LogP contribution in [0.25, 0.3) is 0 Å². The van der Waals surface area contributed by atoms with Gasteiger partial charge < -0.3 is 20.4 Å². The second-order valence-corrected chi connectivity index (χ2v) is 4.44. The van der Waals surface area contributed by atoms with Crippen molar-refractivity contribution < 1.29 is 24.6 Å². The van der Waals surface area contributed by atoms with E-state index in [1.165, 1.54) is 0 Å². The maximum atomic E-state index is 12.2. The Kier molecular flexibility index (Phi) is 3.99. The van der Waals surface area contributed by atoms with E-state index >= 15 is 0 Å². The lowest BCUT2D eigenvalue weighted by Crippen LogP contribution is -2.60. The molecule has 0 radical (unpaired) electrons. The zero-order valence-corrected chi connectivity index (χ0v) is 10.5. The fourth-order valence-electron chi connectivity index (χ4n) is 2.03. The number of nitrogens with one attached hydrogen (secondary N) is 1. The highest BCUT2D eigenvalue weighted by atomic mass is 16.4. The minimum atomic E-state index is -1.48. The zero-order valence-electron chi connectivity index (χ0n) is 10.5. The van der Waals surface area contributed by atoms with E-state index in [9.17, 15) is 19.5 Å². The summed E-state index contributed by atoms with van der Waals surface area (Å²) in [5.74, 6) is -2.46. The van der Waals surface area contributed by atoms with Crippen LogP contribution in [0.4, 0.5) is 0 Å². The molecule has 20 heavy (non-hydrogen) atoms. The molecular weight excluding hydrogens is 264 g/mol. The maximum Gasteiger partial charge on any atom is 0.328 e. The second-order valence-electron chi connectivity index (χ2n) is 4.44. The van der Waals surface area contributed by atoms with Crippen molar-refractivity contribution in [2.24, 2.45) is 0 Å². The van der Waals surface area contributed by atoms with Crippen molar-refractivity contribution in [3.63, 3.8) is 0 Å². The molecule has 1 aliphatic rings.